The Hall–Kier alpha value is -0.0800. The smallest absolute Gasteiger partial charge is 0.0243 e. The quantitative estimate of drug-likeness (QED) is 0.682. The Bertz CT molecular complexity index is 123. The second-order valence-electron chi connectivity index (χ2n) is 4.29. The van der Waals surface area contributed by atoms with Crippen LogP contribution in [0.25, 0.3) is 0 Å². The molecule has 0 bridgehead atoms. The van der Waals surface area contributed by atoms with Gasteiger partial charge in [0.25, 0.3) is 0 Å². The van der Waals surface area contributed by atoms with E-state index in [9.17, 15) is 0 Å². The van der Waals surface area contributed by atoms with Crippen LogP contribution < -0.4 is 5.32 Å². The third-order valence-corrected chi connectivity index (χ3v) is 2.99. The number of hydrogen-bond donors (Lipinski definition) is 1. The standard InChI is InChI=1S/C11H26N2/c1-7-10(4)13(6)11(8-12-5)9(2)3/h9-12H,7-8H2,1-6H3. The first kappa shape index (κ1) is 12.9. The lowest BCUT2D eigenvalue weighted by Gasteiger charge is -2.35. The Balaban J connectivity index is 4.18. The summed E-state index contributed by atoms with van der Waals surface area (Å²) in [5.74, 6) is 0.714. The van der Waals surface area contributed by atoms with Crippen molar-refractivity contribution in [1.29, 1.82) is 0 Å². The molecule has 0 spiro atoms. The summed E-state index contributed by atoms with van der Waals surface area (Å²) < 4.78 is 0. The fourth-order valence-electron chi connectivity index (χ4n) is 1.67. The van der Waals surface area contributed by atoms with Gasteiger partial charge in [-0.1, -0.05) is 20.8 Å². The zero-order valence-electron chi connectivity index (χ0n) is 10.1. The largest absolute Gasteiger partial charge is 0.318 e. The SMILES string of the molecule is CCC(C)N(C)C(CNC)C(C)C. The van der Waals surface area contributed by atoms with Gasteiger partial charge in [-0.15, -0.1) is 0 Å². The molecule has 0 aromatic heterocycles. The van der Waals surface area contributed by atoms with Gasteiger partial charge in [-0.05, 0) is 33.4 Å². The summed E-state index contributed by atoms with van der Waals surface area (Å²) >= 11 is 0. The van der Waals surface area contributed by atoms with Crippen molar-refractivity contribution in [3.63, 3.8) is 0 Å². The van der Waals surface area contributed by atoms with E-state index < -0.39 is 0 Å². The minimum Gasteiger partial charge on any atom is -0.318 e. The monoisotopic (exact) mass is 186 g/mol. The van der Waals surface area contributed by atoms with Gasteiger partial charge < -0.3 is 5.32 Å². The lowest BCUT2D eigenvalue weighted by Crippen LogP contribution is -2.46. The van der Waals surface area contributed by atoms with Gasteiger partial charge in [0.05, 0.1) is 0 Å². The first-order valence-corrected chi connectivity index (χ1v) is 5.41. The molecule has 2 unspecified atom stereocenters. The fourth-order valence-corrected chi connectivity index (χ4v) is 1.67. The molecule has 0 fully saturated rings. The highest BCUT2D eigenvalue weighted by atomic mass is 15.2. The third kappa shape index (κ3) is 4.10. The molecule has 0 rings (SSSR count). The molecule has 0 aliphatic carbocycles. The summed E-state index contributed by atoms with van der Waals surface area (Å²) in [6.45, 7) is 10.2. The van der Waals surface area contributed by atoms with Crippen molar-refractivity contribution in [3.05, 3.63) is 0 Å². The Morgan fingerprint density at radius 2 is 1.77 bits per heavy atom. The zero-order chi connectivity index (χ0) is 10.4. The molecule has 0 aromatic rings. The van der Waals surface area contributed by atoms with E-state index in [1.54, 1.807) is 0 Å². The van der Waals surface area contributed by atoms with Crippen molar-refractivity contribution < 1.29 is 0 Å². The van der Waals surface area contributed by atoms with E-state index in [1.165, 1.54) is 6.42 Å². The maximum absolute atomic E-state index is 3.27. The van der Waals surface area contributed by atoms with Crippen LogP contribution in [0.5, 0.6) is 0 Å². The first-order valence-electron chi connectivity index (χ1n) is 5.41. The normalized spacial score (nSPS) is 16.6. The van der Waals surface area contributed by atoms with Crippen molar-refractivity contribution in [2.45, 2.75) is 46.2 Å². The summed E-state index contributed by atoms with van der Waals surface area (Å²) in [6, 6.07) is 1.33. The summed E-state index contributed by atoms with van der Waals surface area (Å²) in [7, 11) is 4.26. The molecular formula is C11H26N2. The van der Waals surface area contributed by atoms with E-state index in [-0.39, 0.29) is 0 Å². The summed E-state index contributed by atoms with van der Waals surface area (Å²) in [5.41, 5.74) is 0. The highest BCUT2D eigenvalue weighted by molar-refractivity contribution is 4.77. The maximum Gasteiger partial charge on any atom is 0.0243 e. The highest BCUT2D eigenvalue weighted by Crippen LogP contribution is 2.12. The fraction of sp³-hybridized carbons (Fsp3) is 1.00. The molecular weight excluding hydrogens is 160 g/mol. The number of nitrogens with one attached hydrogen (secondary N) is 1. The zero-order valence-corrected chi connectivity index (χ0v) is 10.1. The van der Waals surface area contributed by atoms with E-state index in [0.29, 0.717) is 18.0 Å². The van der Waals surface area contributed by atoms with Gasteiger partial charge in [0.15, 0.2) is 0 Å². The van der Waals surface area contributed by atoms with E-state index in [2.05, 4.69) is 45.0 Å². The molecule has 0 radical (unpaired) electrons. The van der Waals surface area contributed by atoms with Gasteiger partial charge in [-0.3, -0.25) is 4.90 Å². The lowest BCUT2D eigenvalue weighted by atomic mass is 10.0. The second-order valence-corrected chi connectivity index (χ2v) is 4.29. The molecule has 0 saturated heterocycles. The molecule has 0 aromatic carbocycles. The topological polar surface area (TPSA) is 15.3 Å². The minimum absolute atomic E-state index is 0.653. The average Bonchev–Trinajstić information content (AvgIpc) is 2.11. The number of rotatable bonds is 6. The second kappa shape index (κ2) is 6.39. The van der Waals surface area contributed by atoms with Gasteiger partial charge in [0.1, 0.15) is 0 Å². The van der Waals surface area contributed by atoms with Crippen LogP contribution in [0.2, 0.25) is 0 Å². The van der Waals surface area contributed by atoms with Crippen LogP contribution in [0.4, 0.5) is 0 Å². The van der Waals surface area contributed by atoms with Crippen molar-refractivity contribution >= 4 is 0 Å². The molecule has 2 heteroatoms. The van der Waals surface area contributed by atoms with Gasteiger partial charge >= 0.3 is 0 Å². The van der Waals surface area contributed by atoms with Gasteiger partial charge in [0.2, 0.25) is 0 Å². The van der Waals surface area contributed by atoms with Crippen molar-refractivity contribution in [1.82, 2.24) is 10.2 Å². The molecule has 0 heterocycles. The summed E-state index contributed by atoms with van der Waals surface area (Å²) in [5, 5.41) is 3.27. The number of nitrogens with zero attached hydrogens (tertiary/aromatic N) is 1. The van der Waals surface area contributed by atoms with E-state index in [0.717, 1.165) is 6.54 Å². The molecule has 0 saturated carbocycles. The van der Waals surface area contributed by atoms with Crippen LogP contribution in [0.3, 0.4) is 0 Å². The maximum atomic E-state index is 3.27. The Kier molecular flexibility index (Phi) is 6.35. The van der Waals surface area contributed by atoms with Gasteiger partial charge in [-0.2, -0.15) is 0 Å². The number of likely N-dealkylation sites (N-methyl/N-ethyl adjacent to an activating group) is 2. The molecule has 2 atom stereocenters. The van der Waals surface area contributed by atoms with E-state index >= 15 is 0 Å². The first-order chi connectivity index (χ1) is 6.04. The van der Waals surface area contributed by atoms with Gasteiger partial charge in [0, 0.05) is 18.6 Å². The summed E-state index contributed by atoms with van der Waals surface area (Å²) in [6.07, 6.45) is 1.23. The van der Waals surface area contributed by atoms with Crippen LogP contribution in [-0.4, -0.2) is 37.6 Å². The van der Waals surface area contributed by atoms with Crippen molar-refractivity contribution in [2.24, 2.45) is 5.92 Å². The van der Waals surface area contributed by atoms with Crippen molar-refractivity contribution in [3.8, 4) is 0 Å². The molecule has 0 aliphatic heterocycles. The van der Waals surface area contributed by atoms with E-state index in [4.69, 9.17) is 0 Å². The predicted octanol–water partition coefficient (Wildman–Crippen LogP) is 1.96. The number of hydrogen-bond acceptors (Lipinski definition) is 2. The van der Waals surface area contributed by atoms with Crippen LogP contribution in [0.1, 0.15) is 34.1 Å². The summed E-state index contributed by atoms with van der Waals surface area (Å²) in [4.78, 5) is 2.49. The van der Waals surface area contributed by atoms with Gasteiger partial charge in [-0.25, -0.2) is 0 Å². The predicted molar refractivity (Wildman–Crippen MR) is 60.1 cm³/mol. The van der Waals surface area contributed by atoms with Crippen LogP contribution in [0, 0.1) is 5.92 Å². The molecule has 1 N–H and O–H groups in total. The Morgan fingerprint density at radius 3 is 2.08 bits per heavy atom. The Morgan fingerprint density at radius 1 is 1.23 bits per heavy atom. The molecule has 0 amide bonds. The Labute approximate surface area is 83.7 Å². The lowest BCUT2D eigenvalue weighted by molar-refractivity contribution is 0.140. The molecule has 80 valence electrons. The van der Waals surface area contributed by atoms with Crippen molar-refractivity contribution in [2.75, 3.05) is 20.6 Å². The average molecular weight is 186 g/mol. The minimum atomic E-state index is 0.653. The highest BCUT2D eigenvalue weighted by Gasteiger charge is 2.20. The molecule has 13 heavy (non-hydrogen) atoms. The van der Waals surface area contributed by atoms with E-state index in [1.807, 2.05) is 7.05 Å². The third-order valence-electron chi connectivity index (χ3n) is 2.99. The van der Waals surface area contributed by atoms with Crippen LogP contribution >= 0.6 is 0 Å². The molecule has 2 nitrogen and oxygen atoms in total. The molecule has 0 aliphatic rings. The van der Waals surface area contributed by atoms with Crippen LogP contribution in [0.15, 0.2) is 0 Å². The van der Waals surface area contributed by atoms with Crippen LogP contribution in [-0.2, 0) is 0 Å².